The monoisotopic (exact) mass is 624 g/mol. The van der Waals surface area contributed by atoms with Crippen molar-refractivity contribution in [1.82, 2.24) is 0 Å². The third-order valence-corrected chi connectivity index (χ3v) is 7.35. The van der Waals surface area contributed by atoms with Crippen LogP contribution in [-0.2, 0) is 14.3 Å². The van der Waals surface area contributed by atoms with Crippen LogP contribution >= 0.6 is 0 Å². The average molecular weight is 625 g/mol. The zero-order valence-electron chi connectivity index (χ0n) is 27.5. The maximum Gasteiger partial charge on any atom is 0.333 e. The van der Waals surface area contributed by atoms with Gasteiger partial charge >= 0.3 is 5.97 Å². The van der Waals surface area contributed by atoms with Gasteiger partial charge in [0.1, 0.15) is 11.5 Å². The van der Waals surface area contributed by atoms with Gasteiger partial charge in [-0.05, 0) is 118 Å². The molecule has 3 rings (SSSR count). The quantitative estimate of drug-likeness (QED) is 0.0480. The Balaban J connectivity index is 1.30. The molecule has 0 saturated carbocycles. The number of carbonyl (C=O) groups is 2. The molecular weight excluding hydrogens is 576 g/mol. The van der Waals surface area contributed by atoms with Crippen LogP contribution in [0, 0.1) is 0 Å². The van der Waals surface area contributed by atoms with Crippen LogP contribution in [0.4, 0.5) is 11.4 Å². The van der Waals surface area contributed by atoms with Gasteiger partial charge in [-0.3, -0.25) is 4.79 Å². The van der Waals surface area contributed by atoms with Crippen molar-refractivity contribution in [3.05, 3.63) is 97.1 Å². The third kappa shape index (κ3) is 14.1. The van der Waals surface area contributed by atoms with Gasteiger partial charge in [0.15, 0.2) is 5.78 Å². The van der Waals surface area contributed by atoms with Crippen molar-refractivity contribution in [3.63, 3.8) is 0 Å². The van der Waals surface area contributed by atoms with Gasteiger partial charge in [-0.15, -0.1) is 0 Å². The number of azo groups is 1. The van der Waals surface area contributed by atoms with Crippen molar-refractivity contribution in [1.29, 1.82) is 0 Å². The van der Waals surface area contributed by atoms with Crippen LogP contribution in [0.1, 0.15) is 78.1 Å². The first kappa shape index (κ1) is 36.0. The van der Waals surface area contributed by atoms with Gasteiger partial charge in [0.25, 0.3) is 0 Å². The zero-order chi connectivity index (χ0) is 33.0. The summed E-state index contributed by atoms with van der Waals surface area (Å²) < 4.78 is 16.8. The third-order valence-electron chi connectivity index (χ3n) is 7.35. The normalized spacial score (nSPS) is 10.9. The summed E-state index contributed by atoms with van der Waals surface area (Å²) in [6, 6.07) is 23.7. The topological polar surface area (TPSA) is 86.6 Å². The lowest BCUT2D eigenvalue weighted by Crippen LogP contribution is -2.06. The fourth-order valence-corrected chi connectivity index (χ4v) is 4.55. The van der Waals surface area contributed by atoms with Crippen LogP contribution in [0.15, 0.2) is 107 Å². The Morgan fingerprint density at radius 2 is 0.957 bits per heavy atom. The number of ether oxygens (including phenoxy) is 3. The zero-order valence-corrected chi connectivity index (χ0v) is 27.5. The molecule has 0 saturated heterocycles. The minimum atomic E-state index is -0.325. The molecule has 0 unspecified atom stereocenters. The smallest absolute Gasteiger partial charge is 0.333 e. The molecule has 0 spiro atoms. The van der Waals surface area contributed by atoms with Crippen molar-refractivity contribution in [2.24, 2.45) is 10.2 Å². The summed E-state index contributed by atoms with van der Waals surface area (Å²) in [5.74, 6) is 1.52. The molecule has 0 fully saturated rings. The summed E-state index contributed by atoms with van der Waals surface area (Å²) in [4.78, 5) is 22.9. The summed E-state index contributed by atoms with van der Waals surface area (Å²) in [7, 11) is 0. The molecule has 0 bridgehead atoms. The lowest BCUT2D eigenvalue weighted by Gasteiger charge is -2.08. The molecule has 0 aliphatic heterocycles. The van der Waals surface area contributed by atoms with Crippen LogP contribution in [-0.4, -0.2) is 31.6 Å². The van der Waals surface area contributed by atoms with Gasteiger partial charge in [-0.1, -0.05) is 56.7 Å². The molecule has 0 aliphatic rings. The Hall–Kier alpha value is -4.52. The molecule has 0 aromatic heterocycles. The van der Waals surface area contributed by atoms with E-state index in [2.05, 4.69) is 35.5 Å². The highest BCUT2D eigenvalue weighted by Gasteiger charge is 2.04. The Labute approximate surface area is 274 Å². The second-order valence-electron chi connectivity index (χ2n) is 11.5. The maximum absolute atomic E-state index is 11.6. The second-order valence-corrected chi connectivity index (χ2v) is 11.5. The highest BCUT2D eigenvalue weighted by molar-refractivity contribution is 5.94. The molecule has 0 atom stereocenters. The van der Waals surface area contributed by atoms with Crippen LogP contribution in [0.25, 0.3) is 11.1 Å². The molecule has 0 amide bonds. The number of nitrogens with zero attached hydrogens (tertiary/aromatic N) is 2. The molecular formula is C39H48N2O5. The number of allylic oxidation sites excluding steroid dienone is 1. The highest BCUT2D eigenvalue weighted by atomic mass is 16.5. The largest absolute Gasteiger partial charge is 0.494 e. The van der Waals surface area contributed by atoms with Crippen molar-refractivity contribution in [3.8, 4) is 22.6 Å². The molecule has 0 N–H and O–H groups in total. The van der Waals surface area contributed by atoms with Crippen molar-refractivity contribution in [2.75, 3.05) is 19.8 Å². The van der Waals surface area contributed by atoms with Crippen LogP contribution in [0.2, 0.25) is 0 Å². The molecule has 7 nitrogen and oxygen atoms in total. The maximum atomic E-state index is 11.6. The number of hydrogen-bond acceptors (Lipinski definition) is 7. The van der Waals surface area contributed by atoms with Crippen LogP contribution in [0.5, 0.6) is 11.5 Å². The first-order valence-electron chi connectivity index (χ1n) is 16.3. The van der Waals surface area contributed by atoms with E-state index in [-0.39, 0.29) is 11.8 Å². The van der Waals surface area contributed by atoms with E-state index in [1.807, 2.05) is 60.7 Å². The number of hydrogen-bond donors (Lipinski definition) is 0. The minimum Gasteiger partial charge on any atom is -0.494 e. The van der Waals surface area contributed by atoms with Gasteiger partial charge < -0.3 is 14.2 Å². The second kappa shape index (κ2) is 20.5. The molecule has 7 heteroatoms. The van der Waals surface area contributed by atoms with E-state index in [9.17, 15) is 9.59 Å². The number of carbonyl (C=O) groups excluding carboxylic acids is 2. The number of rotatable bonds is 22. The minimum absolute atomic E-state index is 0.177. The molecule has 0 radical (unpaired) electrons. The van der Waals surface area contributed by atoms with E-state index < -0.39 is 0 Å². The van der Waals surface area contributed by atoms with E-state index in [0.29, 0.717) is 37.4 Å². The van der Waals surface area contributed by atoms with E-state index in [0.717, 1.165) is 91.8 Å². The molecule has 0 heterocycles. The predicted molar refractivity (Wildman–Crippen MR) is 185 cm³/mol. The summed E-state index contributed by atoms with van der Waals surface area (Å²) in [5, 5.41) is 8.73. The van der Waals surface area contributed by atoms with Crippen LogP contribution < -0.4 is 9.47 Å². The molecule has 244 valence electrons. The first-order chi connectivity index (χ1) is 22.3. The van der Waals surface area contributed by atoms with Gasteiger partial charge in [-0.2, -0.15) is 10.2 Å². The predicted octanol–water partition coefficient (Wildman–Crippen LogP) is 10.7. The lowest BCUT2D eigenvalue weighted by molar-refractivity contribution is -0.139. The Kier molecular flexibility index (Phi) is 16.0. The summed E-state index contributed by atoms with van der Waals surface area (Å²) >= 11 is 0. The fraction of sp³-hybridized carbons (Fsp3) is 0.385. The van der Waals surface area contributed by atoms with Crippen LogP contribution in [0.3, 0.4) is 0 Å². The number of unbranched alkanes of at least 4 members (excludes halogenated alkanes) is 7. The highest BCUT2D eigenvalue weighted by Crippen LogP contribution is 2.26. The lowest BCUT2D eigenvalue weighted by atomic mass is 10.1. The van der Waals surface area contributed by atoms with Crippen molar-refractivity contribution in [2.45, 2.75) is 78.1 Å². The van der Waals surface area contributed by atoms with E-state index in [1.165, 1.54) is 0 Å². The standard InChI is InChI=1S/C39H48N2O5/c1-30(2)38(42)14-10-6-5-7-11-27-44-36-23-17-33(18-24-36)32-15-19-34(20-16-32)40-41-35-21-25-37(26-22-35)45-28-12-8-9-13-29-46-39(43)31(3)4/h15-26H,1,3,5-14,27-29H2,2,4H3. The summed E-state index contributed by atoms with van der Waals surface area (Å²) in [6.45, 7) is 12.5. The van der Waals surface area contributed by atoms with Gasteiger partial charge in [-0.25, -0.2) is 4.79 Å². The Morgan fingerprint density at radius 3 is 1.46 bits per heavy atom. The number of ketones is 1. The summed E-state index contributed by atoms with van der Waals surface area (Å²) in [6.07, 6.45) is 9.61. The fourth-order valence-electron chi connectivity index (χ4n) is 4.55. The number of benzene rings is 3. The number of esters is 1. The first-order valence-corrected chi connectivity index (χ1v) is 16.3. The molecule has 3 aromatic rings. The van der Waals surface area contributed by atoms with Crippen molar-refractivity contribution >= 4 is 23.1 Å². The molecule has 0 aliphatic carbocycles. The van der Waals surface area contributed by atoms with E-state index in [4.69, 9.17) is 14.2 Å². The number of Topliss-reactive ketones (excluding diaryl/α,β-unsaturated/α-hetero) is 1. The summed E-state index contributed by atoms with van der Waals surface area (Å²) in [5.41, 5.74) is 4.83. The SMILES string of the molecule is C=C(C)C(=O)CCCCCCCOc1ccc(-c2ccc(N=Nc3ccc(OCCCCCCOC(=O)C(=C)C)cc3)cc2)cc1. The van der Waals surface area contributed by atoms with Crippen molar-refractivity contribution < 1.29 is 23.8 Å². The van der Waals surface area contributed by atoms with Gasteiger partial charge in [0.2, 0.25) is 0 Å². The molecule has 3 aromatic carbocycles. The van der Waals surface area contributed by atoms with E-state index >= 15 is 0 Å². The molecule has 46 heavy (non-hydrogen) atoms. The van der Waals surface area contributed by atoms with Gasteiger partial charge in [0, 0.05) is 12.0 Å². The average Bonchev–Trinajstić information content (AvgIpc) is 3.07. The Morgan fingerprint density at radius 1 is 0.543 bits per heavy atom. The van der Waals surface area contributed by atoms with Gasteiger partial charge in [0.05, 0.1) is 31.2 Å². The Bertz CT molecular complexity index is 1410. The van der Waals surface area contributed by atoms with E-state index in [1.54, 1.807) is 13.8 Å².